The normalized spacial score (nSPS) is 21.7. The molecule has 1 saturated heterocycles. The van der Waals surface area contributed by atoms with Gasteiger partial charge >= 0.3 is 0 Å². The van der Waals surface area contributed by atoms with Gasteiger partial charge in [-0.3, -0.25) is 9.69 Å². The minimum absolute atomic E-state index is 0.00814. The standard InChI is InChI=1S/C8H7ClIN3O/c9-5-1-7(14)13(4-5)8-11-2-6(10)3-12-8/h2-3,5H,1,4H2. The molecule has 0 aliphatic carbocycles. The highest BCUT2D eigenvalue weighted by atomic mass is 127. The van der Waals surface area contributed by atoms with Crippen molar-refractivity contribution in [3.8, 4) is 0 Å². The van der Waals surface area contributed by atoms with Crippen LogP contribution in [0.15, 0.2) is 12.4 Å². The molecule has 1 aliphatic heterocycles. The number of carbonyl (C=O) groups is 1. The summed E-state index contributed by atoms with van der Waals surface area (Å²) in [7, 11) is 0. The number of alkyl halides is 1. The van der Waals surface area contributed by atoms with E-state index < -0.39 is 0 Å². The van der Waals surface area contributed by atoms with Crippen molar-refractivity contribution in [2.24, 2.45) is 0 Å². The molecule has 0 N–H and O–H groups in total. The van der Waals surface area contributed by atoms with E-state index in [0.717, 1.165) is 3.57 Å². The first-order chi connectivity index (χ1) is 6.66. The summed E-state index contributed by atoms with van der Waals surface area (Å²) in [4.78, 5) is 21.1. The van der Waals surface area contributed by atoms with Crippen molar-refractivity contribution in [1.82, 2.24) is 9.97 Å². The lowest BCUT2D eigenvalue weighted by atomic mass is 10.4. The Labute approximate surface area is 99.8 Å². The molecule has 0 radical (unpaired) electrons. The lowest BCUT2D eigenvalue weighted by Crippen LogP contribution is -2.26. The fraction of sp³-hybridized carbons (Fsp3) is 0.375. The summed E-state index contributed by atoms with van der Waals surface area (Å²) in [5, 5.41) is -0.120. The Hall–Kier alpha value is -0.430. The average molecular weight is 324 g/mol. The molecule has 0 bridgehead atoms. The van der Waals surface area contributed by atoms with Gasteiger partial charge in [0.15, 0.2) is 0 Å². The topological polar surface area (TPSA) is 46.1 Å². The number of amides is 1. The summed E-state index contributed by atoms with van der Waals surface area (Å²) in [6, 6.07) is 0. The van der Waals surface area contributed by atoms with E-state index >= 15 is 0 Å². The number of anilines is 1. The second-order valence-electron chi connectivity index (χ2n) is 3.01. The summed E-state index contributed by atoms with van der Waals surface area (Å²) in [6.07, 6.45) is 3.73. The highest BCUT2D eigenvalue weighted by Gasteiger charge is 2.30. The number of carbonyl (C=O) groups excluding carboxylic acids is 1. The zero-order valence-corrected chi connectivity index (χ0v) is 10.1. The third kappa shape index (κ3) is 1.98. The third-order valence-electron chi connectivity index (χ3n) is 1.93. The van der Waals surface area contributed by atoms with Crippen LogP contribution in [0.5, 0.6) is 0 Å². The van der Waals surface area contributed by atoms with Gasteiger partial charge in [-0.2, -0.15) is 0 Å². The SMILES string of the molecule is O=C1CC(Cl)CN1c1ncc(I)cn1. The lowest BCUT2D eigenvalue weighted by Gasteiger charge is -2.12. The van der Waals surface area contributed by atoms with Crippen molar-refractivity contribution < 1.29 is 4.79 Å². The van der Waals surface area contributed by atoms with Crippen LogP contribution in [0.2, 0.25) is 0 Å². The van der Waals surface area contributed by atoms with Crippen LogP contribution in [0.4, 0.5) is 5.95 Å². The van der Waals surface area contributed by atoms with Crippen molar-refractivity contribution in [3.63, 3.8) is 0 Å². The summed E-state index contributed by atoms with van der Waals surface area (Å²) < 4.78 is 0.945. The van der Waals surface area contributed by atoms with E-state index in [1.807, 2.05) is 0 Å². The fourth-order valence-corrected chi connectivity index (χ4v) is 1.85. The minimum Gasteiger partial charge on any atom is -0.279 e. The molecule has 1 aliphatic rings. The highest BCUT2D eigenvalue weighted by Crippen LogP contribution is 2.20. The maximum atomic E-state index is 11.4. The Morgan fingerprint density at radius 2 is 2.14 bits per heavy atom. The second-order valence-corrected chi connectivity index (χ2v) is 4.87. The Morgan fingerprint density at radius 1 is 1.50 bits per heavy atom. The van der Waals surface area contributed by atoms with Gasteiger partial charge < -0.3 is 0 Å². The van der Waals surface area contributed by atoms with Gasteiger partial charge in [0.05, 0.1) is 5.38 Å². The van der Waals surface area contributed by atoms with E-state index in [2.05, 4.69) is 32.6 Å². The molecule has 1 atom stereocenters. The van der Waals surface area contributed by atoms with E-state index in [4.69, 9.17) is 11.6 Å². The Bertz CT molecular complexity index is 356. The van der Waals surface area contributed by atoms with Crippen LogP contribution >= 0.6 is 34.2 Å². The molecule has 2 rings (SSSR count). The van der Waals surface area contributed by atoms with Crippen LogP contribution in [0.1, 0.15) is 6.42 Å². The molecule has 1 fully saturated rings. The van der Waals surface area contributed by atoms with Crippen molar-refractivity contribution in [3.05, 3.63) is 16.0 Å². The maximum absolute atomic E-state index is 11.4. The molecule has 1 aromatic heterocycles. The number of rotatable bonds is 1. The average Bonchev–Trinajstić information content (AvgIpc) is 2.47. The number of aromatic nitrogens is 2. The maximum Gasteiger partial charge on any atom is 0.232 e. The van der Waals surface area contributed by atoms with Gasteiger partial charge in [0.2, 0.25) is 11.9 Å². The van der Waals surface area contributed by atoms with Crippen molar-refractivity contribution in [2.45, 2.75) is 11.8 Å². The Morgan fingerprint density at radius 3 is 2.64 bits per heavy atom. The minimum atomic E-state index is -0.120. The van der Waals surface area contributed by atoms with Crippen LogP contribution in [0, 0.1) is 3.57 Å². The molecular formula is C8H7ClIN3O. The molecule has 74 valence electrons. The highest BCUT2D eigenvalue weighted by molar-refractivity contribution is 14.1. The van der Waals surface area contributed by atoms with Gasteiger partial charge in [0.1, 0.15) is 0 Å². The molecule has 1 unspecified atom stereocenters. The zero-order chi connectivity index (χ0) is 10.1. The smallest absolute Gasteiger partial charge is 0.232 e. The molecule has 2 heterocycles. The first-order valence-electron chi connectivity index (χ1n) is 4.09. The monoisotopic (exact) mass is 323 g/mol. The number of nitrogens with zero attached hydrogens (tertiary/aromatic N) is 3. The van der Waals surface area contributed by atoms with Crippen LogP contribution in [-0.4, -0.2) is 27.8 Å². The zero-order valence-electron chi connectivity index (χ0n) is 7.15. The van der Waals surface area contributed by atoms with Gasteiger partial charge in [0, 0.05) is 28.9 Å². The van der Waals surface area contributed by atoms with Crippen molar-refractivity contribution in [1.29, 1.82) is 0 Å². The van der Waals surface area contributed by atoms with E-state index in [0.29, 0.717) is 18.9 Å². The van der Waals surface area contributed by atoms with E-state index in [-0.39, 0.29) is 11.3 Å². The Kier molecular flexibility index (Phi) is 2.87. The van der Waals surface area contributed by atoms with Gasteiger partial charge in [-0.15, -0.1) is 11.6 Å². The molecule has 6 heteroatoms. The van der Waals surface area contributed by atoms with E-state index in [1.54, 1.807) is 12.4 Å². The van der Waals surface area contributed by atoms with Crippen LogP contribution < -0.4 is 4.90 Å². The number of hydrogen-bond acceptors (Lipinski definition) is 3. The van der Waals surface area contributed by atoms with Gasteiger partial charge in [-0.05, 0) is 22.6 Å². The largest absolute Gasteiger partial charge is 0.279 e. The summed E-state index contributed by atoms with van der Waals surface area (Å²) in [5.41, 5.74) is 0. The molecule has 0 aromatic carbocycles. The summed E-state index contributed by atoms with van der Waals surface area (Å²) in [6.45, 7) is 0.501. The molecule has 0 saturated carbocycles. The third-order valence-corrected chi connectivity index (χ3v) is 2.78. The quantitative estimate of drug-likeness (QED) is 0.580. The molecule has 0 spiro atoms. The molecule has 1 aromatic rings. The van der Waals surface area contributed by atoms with Crippen LogP contribution in [0.3, 0.4) is 0 Å². The molecular weight excluding hydrogens is 316 g/mol. The van der Waals surface area contributed by atoms with Gasteiger partial charge in [0.25, 0.3) is 0 Å². The number of hydrogen-bond donors (Lipinski definition) is 0. The summed E-state index contributed by atoms with van der Waals surface area (Å²) >= 11 is 7.98. The van der Waals surface area contributed by atoms with E-state index in [9.17, 15) is 4.79 Å². The fourth-order valence-electron chi connectivity index (χ4n) is 1.30. The summed E-state index contributed by atoms with van der Waals surface area (Å²) in [5.74, 6) is 0.435. The van der Waals surface area contributed by atoms with Crippen LogP contribution in [0.25, 0.3) is 0 Å². The lowest BCUT2D eigenvalue weighted by molar-refractivity contribution is -0.117. The predicted molar refractivity (Wildman–Crippen MR) is 61.4 cm³/mol. The molecule has 4 nitrogen and oxygen atoms in total. The first-order valence-corrected chi connectivity index (χ1v) is 5.60. The van der Waals surface area contributed by atoms with Gasteiger partial charge in [-0.25, -0.2) is 9.97 Å². The second kappa shape index (κ2) is 3.98. The van der Waals surface area contributed by atoms with Gasteiger partial charge in [-0.1, -0.05) is 0 Å². The van der Waals surface area contributed by atoms with Crippen LogP contribution in [-0.2, 0) is 4.79 Å². The number of halogens is 2. The Balaban J connectivity index is 2.23. The molecule has 14 heavy (non-hydrogen) atoms. The molecule has 1 amide bonds. The van der Waals surface area contributed by atoms with Crippen molar-refractivity contribution >= 4 is 46.0 Å². The first kappa shape index (κ1) is 10.1. The van der Waals surface area contributed by atoms with E-state index in [1.165, 1.54) is 4.90 Å². The predicted octanol–water partition coefficient (Wildman–Crippen LogP) is 1.43. The van der Waals surface area contributed by atoms with Crippen molar-refractivity contribution in [2.75, 3.05) is 11.4 Å².